The van der Waals surface area contributed by atoms with Crippen molar-refractivity contribution in [2.45, 2.75) is 142 Å². The molecule has 0 aromatic carbocycles. The smallest absolute Gasteiger partial charge is 0.0667 e. The summed E-state index contributed by atoms with van der Waals surface area (Å²) in [6.45, 7) is 15.9. The second-order valence-corrected chi connectivity index (χ2v) is 11.6. The average molecular weight is 496 g/mol. The lowest BCUT2D eigenvalue weighted by Crippen LogP contribution is -2.47. The van der Waals surface area contributed by atoms with Crippen LogP contribution in [0, 0.1) is 5.92 Å². The molecule has 4 heteroatoms. The molecule has 1 saturated heterocycles. The number of aliphatic hydroxyl groups excluding tert-OH is 1. The third kappa shape index (κ3) is 20.6. The second-order valence-electron chi connectivity index (χ2n) is 11.6. The average Bonchev–Trinajstić information content (AvgIpc) is 2.86. The van der Waals surface area contributed by atoms with Gasteiger partial charge in [0.2, 0.25) is 0 Å². The summed E-state index contributed by atoms with van der Waals surface area (Å²) in [6.07, 6.45) is 24.1. The lowest BCUT2D eigenvalue weighted by molar-refractivity contribution is 0.0853. The molecule has 1 heterocycles. The summed E-state index contributed by atoms with van der Waals surface area (Å²) >= 11 is 0. The molecule has 2 unspecified atom stereocenters. The Kier molecular flexibility index (Phi) is 22.7. The molecule has 1 aliphatic heterocycles. The number of rotatable bonds is 25. The molecule has 0 aliphatic carbocycles. The Morgan fingerprint density at radius 1 is 0.686 bits per heavy atom. The number of hydrogen-bond donors (Lipinski definition) is 2. The highest BCUT2D eigenvalue weighted by Crippen LogP contribution is 2.16. The molecule has 35 heavy (non-hydrogen) atoms. The fourth-order valence-electron chi connectivity index (χ4n) is 5.54. The van der Waals surface area contributed by atoms with Gasteiger partial charge in [-0.2, -0.15) is 0 Å². The van der Waals surface area contributed by atoms with E-state index in [2.05, 4.69) is 35.9 Å². The first-order valence-electron chi connectivity index (χ1n) is 16.0. The Morgan fingerprint density at radius 2 is 1.17 bits per heavy atom. The van der Waals surface area contributed by atoms with Crippen molar-refractivity contribution in [2.75, 3.05) is 52.4 Å². The lowest BCUT2D eigenvalue weighted by atomic mass is 10.0. The molecule has 0 aromatic heterocycles. The predicted molar refractivity (Wildman–Crippen MR) is 155 cm³/mol. The van der Waals surface area contributed by atoms with Crippen LogP contribution in [0.1, 0.15) is 136 Å². The first-order chi connectivity index (χ1) is 17.2. The second kappa shape index (κ2) is 24.2. The molecule has 0 radical (unpaired) electrons. The van der Waals surface area contributed by atoms with Crippen LogP contribution in [0.3, 0.4) is 0 Å². The van der Waals surface area contributed by atoms with Gasteiger partial charge in [-0.15, -0.1) is 0 Å². The van der Waals surface area contributed by atoms with Crippen LogP contribution in [-0.2, 0) is 0 Å². The Balaban J connectivity index is 2.26. The number of hydrogen-bond acceptors (Lipinski definition) is 4. The zero-order valence-electron chi connectivity index (χ0n) is 24.4. The van der Waals surface area contributed by atoms with Crippen molar-refractivity contribution >= 4 is 0 Å². The van der Waals surface area contributed by atoms with Crippen LogP contribution in [0.25, 0.3) is 0 Å². The zero-order valence-corrected chi connectivity index (χ0v) is 24.4. The van der Waals surface area contributed by atoms with E-state index >= 15 is 0 Å². The normalized spacial score (nSPS) is 16.7. The summed E-state index contributed by atoms with van der Waals surface area (Å²) in [7, 11) is 0. The first-order valence-corrected chi connectivity index (χ1v) is 16.0. The molecule has 0 spiro atoms. The van der Waals surface area contributed by atoms with E-state index in [9.17, 15) is 5.11 Å². The Hall–Kier alpha value is -0.160. The van der Waals surface area contributed by atoms with Crippen molar-refractivity contribution in [3.8, 4) is 0 Å². The zero-order chi connectivity index (χ0) is 25.4. The molecule has 0 saturated carbocycles. The van der Waals surface area contributed by atoms with Gasteiger partial charge in [-0.1, -0.05) is 124 Å². The highest BCUT2D eigenvalue weighted by Gasteiger charge is 2.17. The maximum Gasteiger partial charge on any atom is 0.0667 e. The molecule has 1 aliphatic rings. The molecule has 210 valence electrons. The van der Waals surface area contributed by atoms with Crippen molar-refractivity contribution in [3.05, 3.63) is 0 Å². The topological polar surface area (TPSA) is 38.7 Å². The molecule has 2 N–H and O–H groups in total. The quantitative estimate of drug-likeness (QED) is 0.131. The Labute approximate surface area is 221 Å². The van der Waals surface area contributed by atoms with E-state index in [1.165, 1.54) is 122 Å². The van der Waals surface area contributed by atoms with E-state index in [1.807, 2.05) is 0 Å². The van der Waals surface area contributed by atoms with Crippen LogP contribution >= 0.6 is 0 Å². The van der Waals surface area contributed by atoms with E-state index in [4.69, 9.17) is 0 Å². The molecule has 1 fully saturated rings. The minimum atomic E-state index is -0.159. The highest BCUT2D eigenvalue weighted by atomic mass is 16.3. The summed E-state index contributed by atoms with van der Waals surface area (Å²) in [6, 6.07) is 0. The Bertz CT molecular complexity index is 399. The van der Waals surface area contributed by atoms with Crippen molar-refractivity contribution in [2.24, 2.45) is 5.92 Å². The van der Waals surface area contributed by atoms with E-state index < -0.39 is 0 Å². The van der Waals surface area contributed by atoms with Crippen molar-refractivity contribution < 1.29 is 5.11 Å². The fraction of sp³-hybridized carbons (Fsp3) is 1.00. The Morgan fingerprint density at radius 3 is 1.71 bits per heavy atom. The molecular formula is C31H65N3O. The van der Waals surface area contributed by atoms with Crippen LogP contribution in [-0.4, -0.2) is 73.4 Å². The van der Waals surface area contributed by atoms with Gasteiger partial charge in [-0.25, -0.2) is 0 Å². The van der Waals surface area contributed by atoms with Crippen LogP contribution in [0.5, 0.6) is 0 Å². The number of aliphatic hydroxyl groups is 1. The van der Waals surface area contributed by atoms with Gasteiger partial charge in [0.05, 0.1) is 6.10 Å². The molecule has 0 aromatic rings. The molecular weight excluding hydrogens is 430 g/mol. The predicted octanol–water partition coefficient (Wildman–Crippen LogP) is 7.25. The van der Waals surface area contributed by atoms with Gasteiger partial charge in [-0.3, -0.25) is 9.80 Å². The van der Waals surface area contributed by atoms with Crippen LogP contribution in [0.2, 0.25) is 0 Å². The molecule has 0 bridgehead atoms. The first kappa shape index (κ1) is 32.9. The van der Waals surface area contributed by atoms with Gasteiger partial charge in [0.1, 0.15) is 0 Å². The van der Waals surface area contributed by atoms with Crippen molar-refractivity contribution in [1.82, 2.24) is 15.1 Å². The molecule has 1 rings (SSSR count). The maximum atomic E-state index is 10.8. The SMILES string of the molecule is CCCCCCCCCCC(C)CN(CCN1CCNCC1)CC(O)CCCCCCCCCC. The monoisotopic (exact) mass is 496 g/mol. The summed E-state index contributed by atoms with van der Waals surface area (Å²) in [5, 5.41) is 14.3. The fourth-order valence-corrected chi connectivity index (χ4v) is 5.54. The van der Waals surface area contributed by atoms with Crippen molar-refractivity contribution in [3.63, 3.8) is 0 Å². The van der Waals surface area contributed by atoms with Crippen LogP contribution < -0.4 is 5.32 Å². The number of unbranched alkanes of at least 4 members (excludes halogenated alkanes) is 14. The van der Waals surface area contributed by atoms with E-state index in [0.29, 0.717) is 0 Å². The van der Waals surface area contributed by atoms with Crippen LogP contribution in [0.4, 0.5) is 0 Å². The molecule has 2 atom stereocenters. The highest BCUT2D eigenvalue weighted by molar-refractivity contribution is 4.73. The summed E-state index contributed by atoms with van der Waals surface area (Å²) in [5.41, 5.74) is 0. The third-order valence-corrected chi connectivity index (χ3v) is 7.92. The standard InChI is InChI=1S/C31H65N3O/c1-4-6-8-10-12-14-16-18-20-30(3)28-34(27-26-33-24-22-32-23-25-33)29-31(35)21-19-17-15-13-11-9-7-5-2/h30-32,35H,4-29H2,1-3H3. The maximum absolute atomic E-state index is 10.8. The van der Waals surface area contributed by atoms with Gasteiger partial charge in [-0.05, 0) is 18.8 Å². The summed E-state index contributed by atoms with van der Waals surface area (Å²) < 4.78 is 0. The van der Waals surface area contributed by atoms with E-state index in [0.717, 1.165) is 51.6 Å². The minimum absolute atomic E-state index is 0.159. The van der Waals surface area contributed by atoms with Gasteiger partial charge < -0.3 is 10.4 Å². The van der Waals surface area contributed by atoms with Gasteiger partial charge in [0.15, 0.2) is 0 Å². The largest absolute Gasteiger partial charge is 0.392 e. The van der Waals surface area contributed by atoms with Gasteiger partial charge >= 0.3 is 0 Å². The van der Waals surface area contributed by atoms with Crippen LogP contribution in [0.15, 0.2) is 0 Å². The summed E-state index contributed by atoms with van der Waals surface area (Å²) in [4.78, 5) is 5.19. The number of nitrogens with one attached hydrogen (secondary N) is 1. The van der Waals surface area contributed by atoms with E-state index in [1.54, 1.807) is 0 Å². The van der Waals surface area contributed by atoms with Gasteiger partial charge in [0.25, 0.3) is 0 Å². The van der Waals surface area contributed by atoms with E-state index in [-0.39, 0.29) is 6.10 Å². The lowest BCUT2D eigenvalue weighted by Gasteiger charge is -2.32. The molecule has 4 nitrogen and oxygen atoms in total. The third-order valence-electron chi connectivity index (χ3n) is 7.92. The minimum Gasteiger partial charge on any atom is -0.392 e. The van der Waals surface area contributed by atoms with Crippen molar-refractivity contribution in [1.29, 1.82) is 0 Å². The number of nitrogens with zero attached hydrogens (tertiary/aromatic N) is 2. The van der Waals surface area contributed by atoms with Gasteiger partial charge in [0, 0.05) is 52.4 Å². The number of piperazine rings is 1. The summed E-state index contributed by atoms with van der Waals surface area (Å²) in [5.74, 6) is 0.730. The molecule has 0 amide bonds.